The molecule has 5 heteroatoms. The van der Waals surface area contributed by atoms with E-state index in [4.69, 9.17) is 0 Å². The van der Waals surface area contributed by atoms with Crippen LogP contribution in [0.5, 0.6) is 0 Å². The lowest BCUT2D eigenvalue weighted by Crippen LogP contribution is -2.30. The van der Waals surface area contributed by atoms with Crippen LogP contribution in [0.3, 0.4) is 0 Å². The van der Waals surface area contributed by atoms with Crippen LogP contribution in [-0.2, 0) is 13.0 Å². The van der Waals surface area contributed by atoms with E-state index in [9.17, 15) is 4.79 Å². The molecule has 1 aromatic heterocycles. The van der Waals surface area contributed by atoms with Crippen molar-refractivity contribution in [3.05, 3.63) is 95.6 Å². The zero-order valence-corrected chi connectivity index (χ0v) is 15.7. The molecule has 140 valence electrons. The van der Waals surface area contributed by atoms with Crippen LogP contribution in [0.4, 0.5) is 0 Å². The second-order valence-corrected chi connectivity index (χ2v) is 6.74. The fourth-order valence-electron chi connectivity index (χ4n) is 3.38. The molecule has 4 aromatic rings. The Hall–Kier alpha value is -3.47. The first-order valence-electron chi connectivity index (χ1n) is 9.47. The molecular weight excluding hydrogens is 348 g/mol. The Morgan fingerprint density at radius 1 is 1.00 bits per heavy atom. The summed E-state index contributed by atoms with van der Waals surface area (Å²) in [5.74, 6) is -0.113. The fraction of sp³-hybridized carbons (Fsp3) is 0.174. The summed E-state index contributed by atoms with van der Waals surface area (Å²) in [4.78, 5) is 13.0. The van der Waals surface area contributed by atoms with Crippen molar-refractivity contribution in [2.45, 2.75) is 25.9 Å². The number of carbonyl (C=O) groups is 1. The zero-order valence-electron chi connectivity index (χ0n) is 15.7. The minimum absolute atomic E-state index is 0.113. The Kier molecular flexibility index (Phi) is 5.15. The standard InChI is InChI=1S/C23H22N4O/c1-2-27-22-14-13-19(16-21(22)25-26-27)23(28)24-20(18-11-7-4-8-12-18)15-17-9-5-3-6-10-17/h3-14,16,20H,2,15H2,1H3,(H,24,28). The Morgan fingerprint density at radius 3 is 2.43 bits per heavy atom. The normalized spacial score (nSPS) is 12.0. The summed E-state index contributed by atoms with van der Waals surface area (Å²) in [6.45, 7) is 2.76. The van der Waals surface area contributed by atoms with Gasteiger partial charge in [-0.2, -0.15) is 0 Å². The number of benzene rings is 3. The average molecular weight is 370 g/mol. The molecule has 0 spiro atoms. The summed E-state index contributed by atoms with van der Waals surface area (Å²) < 4.78 is 1.82. The van der Waals surface area contributed by atoms with E-state index < -0.39 is 0 Å². The number of hydrogen-bond donors (Lipinski definition) is 1. The molecule has 0 aliphatic rings. The number of nitrogens with zero attached hydrogens (tertiary/aromatic N) is 3. The Morgan fingerprint density at radius 2 is 1.71 bits per heavy atom. The molecule has 4 rings (SSSR count). The second-order valence-electron chi connectivity index (χ2n) is 6.74. The summed E-state index contributed by atoms with van der Waals surface area (Å²) in [7, 11) is 0. The van der Waals surface area contributed by atoms with E-state index in [-0.39, 0.29) is 11.9 Å². The Balaban J connectivity index is 1.60. The fourth-order valence-corrected chi connectivity index (χ4v) is 3.38. The van der Waals surface area contributed by atoms with Gasteiger partial charge in [0.05, 0.1) is 11.6 Å². The lowest BCUT2D eigenvalue weighted by molar-refractivity contribution is 0.0936. The lowest BCUT2D eigenvalue weighted by atomic mass is 9.98. The van der Waals surface area contributed by atoms with E-state index >= 15 is 0 Å². The molecule has 1 unspecified atom stereocenters. The first-order valence-corrected chi connectivity index (χ1v) is 9.47. The topological polar surface area (TPSA) is 59.8 Å². The van der Waals surface area contributed by atoms with Gasteiger partial charge in [-0.25, -0.2) is 4.68 Å². The molecule has 0 fully saturated rings. The molecule has 0 aliphatic heterocycles. The van der Waals surface area contributed by atoms with Gasteiger partial charge < -0.3 is 5.32 Å². The van der Waals surface area contributed by atoms with Gasteiger partial charge in [-0.05, 0) is 42.7 Å². The minimum atomic E-state index is -0.113. The van der Waals surface area contributed by atoms with E-state index in [2.05, 4.69) is 27.8 Å². The molecule has 0 aliphatic carbocycles. The molecule has 28 heavy (non-hydrogen) atoms. The van der Waals surface area contributed by atoms with Crippen molar-refractivity contribution in [2.24, 2.45) is 0 Å². The first kappa shape index (κ1) is 17.9. The third-order valence-corrected chi connectivity index (χ3v) is 4.87. The maximum atomic E-state index is 13.0. The highest BCUT2D eigenvalue weighted by Crippen LogP contribution is 2.20. The lowest BCUT2D eigenvalue weighted by Gasteiger charge is -2.19. The highest BCUT2D eigenvalue weighted by atomic mass is 16.1. The number of amides is 1. The monoisotopic (exact) mass is 370 g/mol. The second kappa shape index (κ2) is 8.05. The van der Waals surface area contributed by atoms with Gasteiger partial charge in [0.2, 0.25) is 0 Å². The number of rotatable bonds is 6. The summed E-state index contributed by atoms with van der Waals surface area (Å²) >= 11 is 0. The van der Waals surface area contributed by atoms with Gasteiger partial charge in [0.1, 0.15) is 5.52 Å². The molecule has 0 saturated heterocycles. The van der Waals surface area contributed by atoms with Crippen LogP contribution < -0.4 is 5.32 Å². The van der Waals surface area contributed by atoms with Crippen LogP contribution in [0.1, 0.15) is 34.5 Å². The van der Waals surface area contributed by atoms with Crippen molar-refractivity contribution in [1.29, 1.82) is 0 Å². The third-order valence-electron chi connectivity index (χ3n) is 4.87. The smallest absolute Gasteiger partial charge is 0.251 e. The van der Waals surface area contributed by atoms with E-state index in [1.54, 1.807) is 6.07 Å². The zero-order chi connectivity index (χ0) is 19.3. The van der Waals surface area contributed by atoms with Crippen molar-refractivity contribution in [3.63, 3.8) is 0 Å². The average Bonchev–Trinajstić information content (AvgIpc) is 3.17. The van der Waals surface area contributed by atoms with Gasteiger partial charge >= 0.3 is 0 Å². The van der Waals surface area contributed by atoms with Crippen molar-refractivity contribution in [2.75, 3.05) is 0 Å². The van der Waals surface area contributed by atoms with Crippen molar-refractivity contribution in [3.8, 4) is 0 Å². The van der Waals surface area contributed by atoms with Crippen molar-refractivity contribution in [1.82, 2.24) is 20.3 Å². The van der Waals surface area contributed by atoms with Crippen LogP contribution in [0.2, 0.25) is 0 Å². The van der Waals surface area contributed by atoms with Crippen LogP contribution >= 0.6 is 0 Å². The summed E-state index contributed by atoms with van der Waals surface area (Å²) in [5, 5.41) is 11.5. The molecule has 1 amide bonds. The van der Waals surface area contributed by atoms with Gasteiger partial charge in [0.15, 0.2) is 0 Å². The highest BCUT2D eigenvalue weighted by molar-refractivity contribution is 5.97. The molecule has 3 aromatic carbocycles. The van der Waals surface area contributed by atoms with Crippen LogP contribution in [0.15, 0.2) is 78.9 Å². The minimum Gasteiger partial charge on any atom is -0.345 e. The predicted molar refractivity (Wildman–Crippen MR) is 110 cm³/mol. The van der Waals surface area contributed by atoms with Gasteiger partial charge in [0.25, 0.3) is 5.91 Å². The van der Waals surface area contributed by atoms with Crippen molar-refractivity contribution >= 4 is 16.9 Å². The number of fused-ring (bicyclic) bond motifs is 1. The molecular formula is C23H22N4O. The van der Waals surface area contributed by atoms with E-state index in [1.165, 1.54) is 5.56 Å². The molecule has 1 heterocycles. The quantitative estimate of drug-likeness (QED) is 0.554. The van der Waals surface area contributed by atoms with Gasteiger partial charge in [-0.15, -0.1) is 5.10 Å². The molecule has 0 saturated carbocycles. The Bertz CT molecular complexity index is 1070. The third kappa shape index (κ3) is 3.78. The van der Waals surface area contributed by atoms with Gasteiger partial charge in [-0.3, -0.25) is 4.79 Å². The predicted octanol–water partition coefficient (Wildman–Crippen LogP) is 4.17. The van der Waals surface area contributed by atoms with E-state index in [1.807, 2.05) is 72.3 Å². The Labute approximate surface area is 164 Å². The first-order chi connectivity index (χ1) is 13.7. The van der Waals surface area contributed by atoms with Crippen LogP contribution in [-0.4, -0.2) is 20.9 Å². The molecule has 0 bridgehead atoms. The van der Waals surface area contributed by atoms with Crippen molar-refractivity contribution < 1.29 is 4.79 Å². The summed E-state index contributed by atoms with van der Waals surface area (Å²) in [6.07, 6.45) is 0.727. The summed E-state index contributed by atoms with van der Waals surface area (Å²) in [6, 6.07) is 25.7. The van der Waals surface area contributed by atoms with E-state index in [0.717, 1.165) is 29.6 Å². The number of hydrogen-bond acceptors (Lipinski definition) is 3. The molecule has 1 N–H and O–H groups in total. The maximum Gasteiger partial charge on any atom is 0.251 e. The number of aromatic nitrogens is 3. The largest absolute Gasteiger partial charge is 0.345 e. The number of carbonyl (C=O) groups excluding carboxylic acids is 1. The molecule has 5 nitrogen and oxygen atoms in total. The highest BCUT2D eigenvalue weighted by Gasteiger charge is 2.17. The summed E-state index contributed by atoms with van der Waals surface area (Å²) in [5.41, 5.74) is 4.51. The van der Waals surface area contributed by atoms with Gasteiger partial charge in [0, 0.05) is 12.1 Å². The number of aryl methyl sites for hydroxylation is 1. The van der Waals surface area contributed by atoms with Crippen LogP contribution in [0, 0.1) is 0 Å². The molecule has 0 radical (unpaired) electrons. The van der Waals surface area contributed by atoms with E-state index in [0.29, 0.717) is 5.56 Å². The van der Waals surface area contributed by atoms with Gasteiger partial charge in [-0.1, -0.05) is 65.9 Å². The van der Waals surface area contributed by atoms with Crippen LogP contribution in [0.25, 0.3) is 11.0 Å². The molecule has 1 atom stereocenters. The SMILES string of the molecule is CCn1nnc2cc(C(=O)NC(Cc3ccccc3)c3ccccc3)ccc21. The maximum absolute atomic E-state index is 13.0. The number of nitrogens with one attached hydrogen (secondary N) is 1.